The smallest absolute Gasteiger partial charge is 0.413 e. The SMILES string of the molecule is Cc1nc(NC(=O)OCC2c3ccccc3-c3ccccc32)sc1C(=O)N1CCC[C@@H]1C(=O)O. The van der Waals surface area contributed by atoms with Crippen LogP contribution in [0.4, 0.5) is 9.93 Å². The summed E-state index contributed by atoms with van der Waals surface area (Å²) in [5.41, 5.74) is 4.97. The second-order valence-corrected chi connectivity index (χ2v) is 9.38. The van der Waals surface area contributed by atoms with Gasteiger partial charge in [-0.05, 0) is 42.0 Å². The van der Waals surface area contributed by atoms with E-state index in [9.17, 15) is 19.5 Å². The van der Waals surface area contributed by atoms with Crippen LogP contribution in [0.5, 0.6) is 0 Å². The number of amides is 2. The number of likely N-dealkylation sites (tertiary alicyclic amines) is 1. The molecule has 2 aromatic carbocycles. The van der Waals surface area contributed by atoms with E-state index in [-0.39, 0.29) is 23.6 Å². The molecule has 8 nitrogen and oxygen atoms in total. The number of aromatic nitrogens is 1. The van der Waals surface area contributed by atoms with Crippen molar-refractivity contribution in [3.63, 3.8) is 0 Å². The number of carboxylic acids is 1. The largest absolute Gasteiger partial charge is 0.480 e. The Labute approximate surface area is 200 Å². The number of thiazole rings is 1. The number of carbonyl (C=O) groups excluding carboxylic acids is 2. The fourth-order valence-electron chi connectivity index (χ4n) is 4.77. The molecule has 1 aliphatic heterocycles. The van der Waals surface area contributed by atoms with Gasteiger partial charge in [-0.15, -0.1) is 0 Å². The first-order chi connectivity index (χ1) is 16.4. The molecule has 1 aromatic heterocycles. The maximum absolute atomic E-state index is 12.9. The Balaban J connectivity index is 1.26. The van der Waals surface area contributed by atoms with Crippen LogP contribution < -0.4 is 5.32 Å². The van der Waals surface area contributed by atoms with Crippen LogP contribution in [0.2, 0.25) is 0 Å². The first kappa shape index (κ1) is 22.1. The number of ether oxygens (including phenoxy) is 1. The predicted molar refractivity (Wildman–Crippen MR) is 127 cm³/mol. The molecular weight excluding hydrogens is 454 g/mol. The van der Waals surface area contributed by atoms with E-state index in [4.69, 9.17) is 4.74 Å². The number of anilines is 1. The van der Waals surface area contributed by atoms with Crippen LogP contribution in [0.3, 0.4) is 0 Å². The van der Waals surface area contributed by atoms with E-state index in [1.807, 2.05) is 36.4 Å². The van der Waals surface area contributed by atoms with Crippen LogP contribution in [0, 0.1) is 6.92 Å². The van der Waals surface area contributed by atoms with Gasteiger partial charge in [-0.1, -0.05) is 59.9 Å². The van der Waals surface area contributed by atoms with Crippen molar-refractivity contribution in [3.05, 3.63) is 70.2 Å². The van der Waals surface area contributed by atoms with E-state index < -0.39 is 18.1 Å². The number of carbonyl (C=O) groups is 3. The molecule has 1 aliphatic carbocycles. The summed E-state index contributed by atoms with van der Waals surface area (Å²) in [6.07, 6.45) is 0.425. The topological polar surface area (TPSA) is 109 Å². The fourth-order valence-corrected chi connectivity index (χ4v) is 5.68. The summed E-state index contributed by atoms with van der Waals surface area (Å²) in [4.78, 5) is 42.8. The third-order valence-electron chi connectivity index (χ3n) is 6.34. The Kier molecular flexibility index (Phi) is 5.79. The van der Waals surface area contributed by atoms with Crippen molar-refractivity contribution in [1.82, 2.24) is 9.88 Å². The Morgan fingerprint density at radius 3 is 2.41 bits per heavy atom. The molecule has 0 saturated carbocycles. The lowest BCUT2D eigenvalue weighted by atomic mass is 9.98. The van der Waals surface area contributed by atoms with E-state index in [1.165, 1.54) is 4.90 Å². The molecule has 2 aliphatic rings. The van der Waals surface area contributed by atoms with Crippen LogP contribution in [0.25, 0.3) is 11.1 Å². The predicted octanol–water partition coefficient (Wildman–Crippen LogP) is 4.50. The molecule has 1 saturated heterocycles. The minimum Gasteiger partial charge on any atom is -0.480 e. The third-order valence-corrected chi connectivity index (χ3v) is 7.40. The molecule has 0 bridgehead atoms. The molecule has 174 valence electrons. The van der Waals surface area contributed by atoms with E-state index in [0.717, 1.165) is 33.6 Å². The number of nitrogens with one attached hydrogen (secondary N) is 1. The highest BCUT2D eigenvalue weighted by Crippen LogP contribution is 2.44. The van der Waals surface area contributed by atoms with Crippen LogP contribution in [0.15, 0.2) is 48.5 Å². The van der Waals surface area contributed by atoms with Crippen molar-refractivity contribution >= 4 is 34.4 Å². The van der Waals surface area contributed by atoms with Gasteiger partial charge in [0, 0.05) is 12.5 Å². The number of hydrogen-bond donors (Lipinski definition) is 2. The molecule has 1 fully saturated rings. The van der Waals surface area contributed by atoms with E-state index >= 15 is 0 Å². The van der Waals surface area contributed by atoms with Crippen molar-refractivity contribution in [2.24, 2.45) is 0 Å². The molecule has 0 radical (unpaired) electrons. The minimum atomic E-state index is -1.01. The first-order valence-electron chi connectivity index (χ1n) is 11.1. The van der Waals surface area contributed by atoms with Crippen molar-refractivity contribution in [1.29, 1.82) is 0 Å². The van der Waals surface area contributed by atoms with Gasteiger partial charge in [0.15, 0.2) is 5.13 Å². The van der Waals surface area contributed by atoms with Crippen LogP contribution in [0.1, 0.15) is 45.3 Å². The number of hydrogen-bond acceptors (Lipinski definition) is 6. The summed E-state index contributed by atoms with van der Waals surface area (Å²) in [5, 5.41) is 12.2. The quantitative estimate of drug-likeness (QED) is 0.560. The van der Waals surface area contributed by atoms with Gasteiger partial charge in [-0.3, -0.25) is 10.1 Å². The van der Waals surface area contributed by atoms with Crippen molar-refractivity contribution in [3.8, 4) is 11.1 Å². The van der Waals surface area contributed by atoms with Gasteiger partial charge in [-0.2, -0.15) is 0 Å². The summed E-state index contributed by atoms with van der Waals surface area (Å²) >= 11 is 1.02. The molecule has 2 heterocycles. The average molecular weight is 478 g/mol. The summed E-state index contributed by atoms with van der Waals surface area (Å²) in [6.45, 7) is 2.23. The number of fused-ring (bicyclic) bond motifs is 3. The highest BCUT2D eigenvalue weighted by Gasteiger charge is 2.36. The normalized spacial score (nSPS) is 16.7. The molecular formula is C25H23N3O5S. The third kappa shape index (κ3) is 3.92. The highest BCUT2D eigenvalue weighted by atomic mass is 32.1. The molecule has 0 unspecified atom stereocenters. The van der Waals surface area contributed by atoms with Gasteiger partial charge in [-0.25, -0.2) is 14.6 Å². The van der Waals surface area contributed by atoms with Gasteiger partial charge in [0.05, 0.1) is 5.69 Å². The number of nitrogens with zero attached hydrogens (tertiary/aromatic N) is 2. The molecule has 1 atom stereocenters. The molecule has 0 spiro atoms. The lowest BCUT2D eigenvalue weighted by molar-refractivity contribution is -0.141. The highest BCUT2D eigenvalue weighted by molar-refractivity contribution is 7.17. The zero-order valence-corrected chi connectivity index (χ0v) is 19.3. The van der Waals surface area contributed by atoms with Gasteiger partial charge >= 0.3 is 12.1 Å². The standard InChI is InChI=1S/C25H23N3O5S/c1-14-21(22(29)28-12-6-11-20(28)23(30)31)34-24(26-14)27-25(32)33-13-19-17-9-4-2-7-15(17)16-8-3-5-10-18(16)19/h2-5,7-10,19-20H,6,11-13H2,1H3,(H,30,31)(H,26,27,32)/t20-/m1/s1. The molecule has 9 heteroatoms. The van der Waals surface area contributed by atoms with Crippen molar-refractivity contribution in [2.45, 2.75) is 31.7 Å². The molecule has 3 aromatic rings. The minimum absolute atomic E-state index is 0.0589. The molecule has 2 amide bonds. The zero-order valence-electron chi connectivity index (χ0n) is 18.5. The maximum atomic E-state index is 12.9. The Bertz CT molecular complexity index is 1240. The van der Waals surface area contributed by atoms with Crippen molar-refractivity contribution in [2.75, 3.05) is 18.5 Å². The summed E-state index contributed by atoms with van der Waals surface area (Å²) in [7, 11) is 0. The monoisotopic (exact) mass is 477 g/mol. The molecule has 34 heavy (non-hydrogen) atoms. The Morgan fingerprint density at radius 2 is 1.76 bits per heavy atom. The lowest BCUT2D eigenvalue weighted by Crippen LogP contribution is -2.40. The number of benzene rings is 2. The average Bonchev–Trinajstić information content (AvgIpc) is 3.53. The number of aryl methyl sites for hydroxylation is 1. The van der Waals surface area contributed by atoms with Gasteiger partial charge in [0.2, 0.25) is 0 Å². The van der Waals surface area contributed by atoms with E-state index in [1.54, 1.807) is 6.92 Å². The number of rotatable bonds is 5. The van der Waals surface area contributed by atoms with Crippen LogP contribution in [-0.4, -0.2) is 52.2 Å². The summed E-state index contributed by atoms with van der Waals surface area (Å²) in [5.74, 6) is -1.44. The summed E-state index contributed by atoms with van der Waals surface area (Å²) < 4.78 is 5.55. The summed E-state index contributed by atoms with van der Waals surface area (Å²) in [6, 6.07) is 15.4. The maximum Gasteiger partial charge on any atom is 0.413 e. The van der Waals surface area contributed by atoms with Gasteiger partial charge < -0.3 is 14.7 Å². The number of aliphatic carboxylic acids is 1. The lowest BCUT2D eigenvalue weighted by Gasteiger charge is -2.20. The van der Waals surface area contributed by atoms with E-state index in [0.29, 0.717) is 30.0 Å². The first-order valence-corrected chi connectivity index (χ1v) is 11.9. The molecule has 5 rings (SSSR count). The fraction of sp³-hybridized carbons (Fsp3) is 0.280. The van der Waals surface area contributed by atoms with Crippen LogP contribution in [-0.2, 0) is 9.53 Å². The van der Waals surface area contributed by atoms with Crippen molar-refractivity contribution < 1.29 is 24.2 Å². The zero-order chi connectivity index (χ0) is 23.8. The molecule has 2 N–H and O–H groups in total. The van der Waals surface area contributed by atoms with E-state index in [2.05, 4.69) is 22.4 Å². The second-order valence-electron chi connectivity index (χ2n) is 8.38. The van der Waals surface area contributed by atoms with Gasteiger partial charge in [0.25, 0.3) is 5.91 Å². The van der Waals surface area contributed by atoms with Gasteiger partial charge in [0.1, 0.15) is 17.5 Å². The second kappa shape index (κ2) is 8.90. The van der Waals surface area contributed by atoms with Crippen LogP contribution >= 0.6 is 11.3 Å². The Hall–Kier alpha value is -3.72. The Morgan fingerprint density at radius 1 is 1.12 bits per heavy atom. The number of carboxylic acid groups (broad SMARTS) is 1.